The molecule has 2 fully saturated rings. The molecule has 0 atom stereocenters. The summed E-state index contributed by atoms with van der Waals surface area (Å²) in [5, 5.41) is 0. The Kier molecular flexibility index (Phi) is 7.46. The molecule has 0 unspecified atom stereocenters. The fourth-order valence-electron chi connectivity index (χ4n) is 2.61. The molecule has 0 aromatic heterocycles. The number of unbranched alkanes of at least 4 members (excludes halogenated alkanes) is 1. The highest BCUT2D eigenvalue weighted by atomic mass is 16.7. The van der Waals surface area contributed by atoms with E-state index >= 15 is 0 Å². The zero-order chi connectivity index (χ0) is 18.3. The average Bonchev–Trinajstić information content (AvgIpc) is 2.50. The van der Waals surface area contributed by atoms with Crippen LogP contribution in [-0.4, -0.2) is 63.6 Å². The highest BCUT2D eigenvalue weighted by molar-refractivity contribution is 6.49. The Morgan fingerprint density at radius 3 is 2.32 bits per heavy atom. The molecular formula is C17H28BNO6. The highest BCUT2D eigenvalue weighted by Gasteiger charge is 2.30. The van der Waals surface area contributed by atoms with Crippen LogP contribution in [0.3, 0.4) is 0 Å². The number of nitrogens with zero attached hydrogens (tertiary/aromatic N) is 1. The van der Waals surface area contributed by atoms with E-state index in [2.05, 4.69) is 13.8 Å². The smallest absolute Gasteiger partial charge is 0.498 e. The molecule has 140 valence electrons. The summed E-state index contributed by atoms with van der Waals surface area (Å²) >= 11 is 0. The van der Waals surface area contributed by atoms with E-state index < -0.39 is 7.12 Å². The second-order valence-electron chi connectivity index (χ2n) is 7.44. The summed E-state index contributed by atoms with van der Waals surface area (Å²) in [6.07, 6.45) is 6.78. The second kappa shape index (κ2) is 9.36. The molecule has 0 radical (unpaired) electrons. The quantitative estimate of drug-likeness (QED) is 0.408. The van der Waals surface area contributed by atoms with Crippen LogP contribution in [0.4, 0.5) is 0 Å². The van der Waals surface area contributed by atoms with Gasteiger partial charge in [0.25, 0.3) is 0 Å². The Labute approximate surface area is 149 Å². The van der Waals surface area contributed by atoms with Gasteiger partial charge >= 0.3 is 19.1 Å². The molecule has 0 saturated carbocycles. The molecule has 2 aliphatic rings. The average molecular weight is 353 g/mol. The van der Waals surface area contributed by atoms with Crippen LogP contribution < -0.4 is 0 Å². The van der Waals surface area contributed by atoms with E-state index in [-0.39, 0.29) is 36.7 Å². The maximum Gasteiger partial charge on any atom is 0.602 e. The number of likely N-dealkylation sites (N-methyl/N-ethyl adjacent to an activating group) is 1. The van der Waals surface area contributed by atoms with Crippen molar-refractivity contribution in [3.05, 3.63) is 12.2 Å². The van der Waals surface area contributed by atoms with Gasteiger partial charge in [-0.05, 0) is 26.3 Å². The number of carbonyl (C=O) groups excluding carboxylic acids is 2. The zero-order valence-electron chi connectivity index (χ0n) is 15.4. The summed E-state index contributed by atoms with van der Waals surface area (Å²) in [6.45, 7) is 5.88. The molecule has 2 aliphatic heterocycles. The van der Waals surface area contributed by atoms with Gasteiger partial charge in [-0.15, -0.1) is 0 Å². The van der Waals surface area contributed by atoms with Crippen molar-refractivity contribution in [3.63, 3.8) is 0 Å². The summed E-state index contributed by atoms with van der Waals surface area (Å²) in [6, 6.07) is 0. The van der Waals surface area contributed by atoms with Gasteiger partial charge in [0.1, 0.15) is 0 Å². The van der Waals surface area contributed by atoms with Crippen molar-refractivity contribution < 1.29 is 28.4 Å². The Morgan fingerprint density at radius 2 is 1.72 bits per heavy atom. The first kappa shape index (κ1) is 19.9. The SMILES string of the molecule is CN1CC(=O)OB(CC=CCCCC2OCC(C)(C)CO2)OC(=O)C1. The van der Waals surface area contributed by atoms with Gasteiger partial charge in [0.05, 0.1) is 26.3 Å². The van der Waals surface area contributed by atoms with Crippen molar-refractivity contribution in [1.29, 1.82) is 0 Å². The maximum absolute atomic E-state index is 11.6. The lowest BCUT2D eigenvalue weighted by molar-refractivity contribution is -0.223. The predicted octanol–water partition coefficient (Wildman–Crippen LogP) is 1.63. The van der Waals surface area contributed by atoms with Gasteiger partial charge in [0.2, 0.25) is 0 Å². The van der Waals surface area contributed by atoms with Gasteiger partial charge in [0, 0.05) is 11.7 Å². The number of allylic oxidation sites excluding steroid dienone is 2. The van der Waals surface area contributed by atoms with Gasteiger partial charge in [0.15, 0.2) is 6.29 Å². The van der Waals surface area contributed by atoms with E-state index in [0.717, 1.165) is 32.5 Å². The van der Waals surface area contributed by atoms with Crippen LogP contribution in [-0.2, 0) is 28.4 Å². The number of hydrogen-bond acceptors (Lipinski definition) is 7. The van der Waals surface area contributed by atoms with Crippen LogP contribution in [0.5, 0.6) is 0 Å². The molecule has 0 aliphatic carbocycles. The monoisotopic (exact) mass is 353 g/mol. The van der Waals surface area contributed by atoms with Gasteiger partial charge < -0.3 is 18.8 Å². The fraction of sp³-hybridized carbons (Fsp3) is 0.765. The van der Waals surface area contributed by atoms with E-state index in [1.807, 2.05) is 12.2 Å². The predicted molar refractivity (Wildman–Crippen MR) is 92.7 cm³/mol. The molecule has 25 heavy (non-hydrogen) atoms. The molecule has 0 amide bonds. The van der Waals surface area contributed by atoms with E-state index in [1.165, 1.54) is 0 Å². The van der Waals surface area contributed by atoms with E-state index in [0.29, 0.717) is 6.32 Å². The van der Waals surface area contributed by atoms with Crippen LogP contribution in [0.25, 0.3) is 0 Å². The number of hydrogen-bond donors (Lipinski definition) is 0. The minimum Gasteiger partial charge on any atom is -0.498 e. The van der Waals surface area contributed by atoms with Gasteiger partial charge in [-0.3, -0.25) is 14.5 Å². The fourth-order valence-corrected chi connectivity index (χ4v) is 2.61. The molecule has 0 aromatic rings. The molecule has 0 bridgehead atoms. The standard InChI is InChI=1S/C17H28BNO6/c1-17(2)12-22-16(23-13-17)8-6-4-5-7-9-18-24-14(20)10-19(3)11-15(21)25-18/h5,7,16H,4,6,8-13H2,1-3H3. The van der Waals surface area contributed by atoms with Gasteiger partial charge in [-0.25, -0.2) is 0 Å². The number of ether oxygens (including phenoxy) is 2. The van der Waals surface area contributed by atoms with E-state index in [9.17, 15) is 9.59 Å². The minimum atomic E-state index is -0.836. The second-order valence-corrected chi connectivity index (χ2v) is 7.44. The Balaban J connectivity index is 1.62. The van der Waals surface area contributed by atoms with Gasteiger partial charge in [-0.2, -0.15) is 0 Å². The lowest BCUT2D eigenvalue weighted by atomic mass is 9.84. The molecular weight excluding hydrogens is 325 g/mol. The normalized spacial score (nSPS) is 23.2. The van der Waals surface area contributed by atoms with Crippen LogP contribution in [0.15, 0.2) is 12.2 Å². The van der Waals surface area contributed by atoms with Crippen LogP contribution >= 0.6 is 0 Å². The molecule has 8 heteroatoms. The van der Waals surface area contributed by atoms with Crippen LogP contribution in [0.2, 0.25) is 6.32 Å². The van der Waals surface area contributed by atoms with Crippen LogP contribution in [0, 0.1) is 5.41 Å². The molecule has 0 spiro atoms. The molecule has 2 heterocycles. The Hall–Kier alpha value is -1.38. The molecule has 7 nitrogen and oxygen atoms in total. The minimum absolute atomic E-state index is 0.0908. The van der Waals surface area contributed by atoms with Crippen molar-refractivity contribution in [3.8, 4) is 0 Å². The largest absolute Gasteiger partial charge is 0.602 e. The highest BCUT2D eigenvalue weighted by Crippen LogP contribution is 2.24. The number of rotatable bonds is 6. The van der Waals surface area contributed by atoms with E-state index in [4.69, 9.17) is 18.8 Å². The first-order valence-corrected chi connectivity index (χ1v) is 8.80. The van der Waals surface area contributed by atoms with Crippen molar-refractivity contribution >= 4 is 19.1 Å². The summed E-state index contributed by atoms with van der Waals surface area (Å²) in [7, 11) is 0.834. The molecule has 2 saturated heterocycles. The van der Waals surface area contributed by atoms with Gasteiger partial charge in [-0.1, -0.05) is 26.0 Å². The maximum atomic E-state index is 11.6. The Bertz CT molecular complexity index is 466. The molecule has 0 N–H and O–H groups in total. The summed E-state index contributed by atoms with van der Waals surface area (Å²) in [4.78, 5) is 24.8. The first-order valence-electron chi connectivity index (χ1n) is 8.80. The number of carbonyl (C=O) groups is 2. The van der Waals surface area contributed by atoms with Crippen molar-refractivity contribution in [2.45, 2.75) is 45.7 Å². The molecule has 0 aromatic carbocycles. The topological polar surface area (TPSA) is 74.3 Å². The molecule has 2 rings (SSSR count). The summed E-state index contributed by atoms with van der Waals surface area (Å²) in [5.74, 6) is -0.772. The van der Waals surface area contributed by atoms with Crippen molar-refractivity contribution in [1.82, 2.24) is 4.90 Å². The van der Waals surface area contributed by atoms with Crippen molar-refractivity contribution in [2.24, 2.45) is 5.41 Å². The third kappa shape index (κ3) is 7.58. The Morgan fingerprint density at radius 1 is 1.12 bits per heavy atom. The lowest BCUT2D eigenvalue weighted by Crippen LogP contribution is -2.42. The van der Waals surface area contributed by atoms with E-state index in [1.54, 1.807) is 11.9 Å². The third-order valence-corrected chi connectivity index (χ3v) is 3.95. The first-order chi connectivity index (χ1) is 11.8. The summed E-state index contributed by atoms with van der Waals surface area (Å²) in [5.41, 5.74) is 0.0949. The third-order valence-electron chi connectivity index (χ3n) is 3.95. The zero-order valence-corrected chi connectivity index (χ0v) is 15.4. The summed E-state index contributed by atoms with van der Waals surface area (Å²) < 4.78 is 21.7. The van der Waals surface area contributed by atoms with Crippen molar-refractivity contribution in [2.75, 3.05) is 33.4 Å². The van der Waals surface area contributed by atoms with Crippen LogP contribution in [0.1, 0.15) is 33.1 Å². The lowest BCUT2D eigenvalue weighted by Gasteiger charge is -2.34.